The van der Waals surface area contributed by atoms with Gasteiger partial charge in [-0.25, -0.2) is 15.0 Å². The maximum Gasteiger partial charge on any atom is 0.137 e. The lowest BCUT2D eigenvalue weighted by molar-refractivity contribution is 0.836. The van der Waals surface area contributed by atoms with Gasteiger partial charge in [0, 0.05) is 29.4 Å². The summed E-state index contributed by atoms with van der Waals surface area (Å²) in [5, 5.41) is 6.51. The second-order valence-corrected chi connectivity index (χ2v) is 5.84. The Balaban J connectivity index is 2.18. The van der Waals surface area contributed by atoms with Crippen molar-refractivity contribution >= 4 is 17.2 Å². The lowest BCUT2D eigenvalue weighted by Crippen LogP contribution is -2.07. The molecule has 108 valence electrons. The monoisotopic (exact) mass is 290 g/mol. The lowest BCUT2D eigenvalue weighted by atomic mass is 10.2. The van der Waals surface area contributed by atoms with Crippen LogP contribution in [0, 0.1) is 6.92 Å². The van der Waals surface area contributed by atoms with E-state index in [9.17, 15) is 0 Å². The second kappa shape index (κ2) is 7.33. The molecular formula is C15H22N4S. The molecule has 0 aromatic carbocycles. The van der Waals surface area contributed by atoms with E-state index in [-0.39, 0.29) is 0 Å². The highest BCUT2D eigenvalue weighted by molar-refractivity contribution is 7.09. The molecule has 0 spiro atoms. The van der Waals surface area contributed by atoms with Crippen molar-refractivity contribution in [3.63, 3.8) is 0 Å². The number of nitrogens with zero attached hydrogens (tertiary/aromatic N) is 3. The van der Waals surface area contributed by atoms with Gasteiger partial charge in [-0.15, -0.1) is 11.3 Å². The standard InChI is InChI=1S/C15H22N4S/c1-4-6-12-8-13(16-7-5-2)19-14(18-12)9-15-17-11(3)10-20-15/h8,10H,4-7,9H2,1-3H3,(H,16,18,19). The van der Waals surface area contributed by atoms with Crippen molar-refractivity contribution in [2.24, 2.45) is 0 Å². The molecule has 0 aliphatic carbocycles. The number of rotatable bonds is 7. The average Bonchev–Trinajstić information content (AvgIpc) is 2.82. The van der Waals surface area contributed by atoms with Gasteiger partial charge >= 0.3 is 0 Å². The van der Waals surface area contributed by atoms with E-state index in [1.165, 1.54) is 0 Å². The van der Waals surface area contributed by atoms with Crippen LogP contribution in [-0.2, 0) is 12.8 Å². The second-order valence-electron chi connectivity index (χ2n) is 4.90. The predicted octanol–water partition coefficient (Wildman–Crippen LogP) is 3.61. The first-order valence-corrected chi connectivity index (χ1v) is 8.11. The van der Waals surface area contributed by atoms with Crippen LogP contribution in [0.4, 0.5) is 5.82 Å². The van der Waals surface area contributed by atoms with Crippen molar-refractivity contribution in [3.8, 4) is 0 Å². The SMILES string of the molecule is CCCNc1cc(CCC)nc(Cc2nc(C)cs2)n1. The Kier molecular flexibility index (Phi) is 5.47. The van der Waals surface area contributed by atoms with E-state index in [1.54, 1.807) is 11.3 Å². The molecule has 5 heteroatoms. The highest BCUT2D eigenvalue weighted by Crippen LogP contribution is 2.15. The molecule has 0 aliphatic rings. The molecular weight excluding hydrogens is 268 g/mol. The smallest absolute Gasteiger partial charge is 0.137 e. The van der Waals surface area contributed by atoms with Crippen LogP contribution in [-0.4, -0.2) is 21.5 Å². The zero-order valence-corrected chi connectivity index (χ0v) is 13.3. The Labute approximate surface area is 124 Å². The maximum atomic E-state index is 4.65. The van der Waals surface area contributed by atoms with Crippen LogP contribution in [0.2, 0.25) is 0 Å². The minimum atomic E-state index is 0.719. The molecule has 0 saturated heterocycles. The minimum absolute atomic E-state index is 0.719. The number of hydrogen-bond acceptors (Lipinski definition) is 5. The van der Waals surface area contributed by atoms with Gasteiger partial charge in [-0.05, 0) is 19.8 Å². The summed E-state index contributed by atoms with van der Waals surface area (Å²) in [7, 11) is 0. The van der Waals surface area contributed by atoms with Gasteiger partial charge in [0.05, 0.1) is 6.42 Å². The topological polar surface area (TPSA) is 50.7 Å². The number of anilines is 1. The predicted molar refractivity (Wildman–Crippen MR) is 84.5 cm³/mol. The van der Waals surface area contributed by atoms with Crippen LogP contribution in [0.15, 0.2) is 11.4 Å². The van der Waals surface area contributed by atoms with Gasteiger partial charge in [0.2, 0.25) is 0 Å². The van der Waals surface area contributed by atoms with E-state index < -0.39 is 0 Å². The summed E-state index contributed by atoms with van der Waals surface area (Å²) in [6.45, 7) is 7.28. The Hall–Kier alpha value is -1.49. The molecule has 0 aliphatic heterocycles. The van der Waals surface area contributed by atoms with Crippen LogP contribution in [0.25, 0.3) is 0 Å². The summed E-state index contributed by atoms with van der Waals surface area (Å²) >= 11 is 1.68. The first-order chi connectivity index (χ1) is 9.71. The quantitative estimate of drug-likeness (QED) is 0.846. The van der Waals surface area contributed by atoms with Gasteiger partial charge in [-0.2, -0.15) is 0 Å². The summed E-state index contributed by atoms with van der Waals surface area (Å²) in [5.41, 5.74) is 2.18. The average molecular weight is 290 g/mol. The largest absolute Gasteiger partial charge is 0.370 e. The van der Waals surface area contributed by atoms with Gasteiger partial charge in [-0.3, -0.25) is 0 Å². The van der Waals surface area contributed by atoms with Crippen molar-refractivity contribution in [1.29, 1.82) is 0 Å². The zero-order chi connectivity index (χ0) is 14.4. The molecule has 2 rings (SSSR count). The van der Waals surface area contributed by atoms with Gasteiger partial charge in [0.1, 0.15) is 16.6 Å². The molecule has 0 amide bonds. The Morgan fingerprint density at radius 3 is 2.65 bits per heavy atom. The summed E-state index contributed by atoms with van der Waals surface area (Å²) in [6.07, 6.45) is 3.90. The van der Waals surface area contributed by atoms with Gasteiger partial charge in [0.15, 0.2) is 0 Å². The fourth-order valence-corrected chi connectivity index (χ4v) is 2.75. The molecule has 4 nitrogen and oxygen atoms in total. The Morgan fingerprint density at radius 2 is 2.00 bits per heavy atom. The molecule has 20 heavy (non-hydrogen) atoms. The molecule has 1 N–H and O–H groups in total. The highest BCUT2D eigenvalue weighted by atomic mass is 32.1. The lowest BCUT2D eigenvalue weighted by Gasteiger charge is -2.08. The van der Waals surface area contributed by atoms with E-state index in [1.807, 2.05) is 6.92 Å². The van der Waals surface area contributed by atoms with Crippen molar-refractivity contribution in [1.82, 2.24) is 15.0 Å². The molecule has 2 aromatic heterocycles. The van der Waals surface area contributed by atoms with Gasteiger partial charge in [-0.1, -0.05) is 20.3 Å². The fourth-order valence-electron chi connectivity index (χ4n) is 1.98. The number of aryl methyl sites for hydroxylation is 2. The number of thiazole rings is 1. The molecule has 2 heterocycles. The number of nitrogens with one attached hydrogen (secondary N) is 1. The van der Waals surface area contributed by atoms with Crippen molar-refractivity contribution in [3.05, 3.63) is 33.7 Å². The Morgan fingerprint density at radius 1 is 1.15 bits per heavy atom. The van der Waals surface area contributed by atoms with Crippen molar-refractivity contribution < 1.29 is 0 Å². The van der Waals surface area contributed by atoms with E-state index in [2.05, 4.69) is 45.6 Å². The summed E-state index contributed by atoms with van der Waals surface area (Å²) < 4.78 is 0. The molecule has 0 atom stereocenters. The first-order valence-electron chi connectivity index (χ1n) is 7.23. The summed E-state index contributed by atoms with van der Waals surface area (Å²) in [5.74, 6) is 1.80. The van der Waals surface area contributed by atoms with Crippen LogP contribution in [0.3, 0.4) is 0 Å². The molecule has 0 saturated carbocycles. The fraction of sp³-hybridized carbons (Fsp3) is 0.533. The summed E-state index contributed by atoms with van der Waals surface area (Å²) in [6, 6.07) is 2.07. The van der Waals surface area contributed by atoms with Crippen LogP contribution in [0.5, 0.6) is 0 Å². The van der Waals surface area contributed by atoms with Crippen LogP contribution in [0.1, 0.15) is 48.9 Å². The maximum absolute atomic E-state index is 4.65. The highest BCUT2D eigenvalue weighted by Gasteiger charge is 2.07. The van der Waals surface area contributed by atoms with Gasteiger partial charge < -0.3 is 5.32 Å². The van der Waals surface area contributed by atoms with E-state index >= 15 is 0 Å². The number of hydrogen-bond donors (Lipinski definition) is 1. The molecule has 0 unspecified atom stereocenters. The summed E-state index contributed by atoms with van der Waals surface area (Å²) in [4.78, 5) is 13.7. The van der Waals surface area contributed by atoms with E-state index in [0.717, 1.165) is 60.3 Å². The first kappa shape index (κ1) is 14.9. The van der Waals surface area contributed by atoms with Crippen molar-refractivity contribution in [2.75, 3.05) is 11.9 Å². The molecule has 0 radical (unpaired) electrons. The van der Waals surface area contributed by atoms with E-state index in [4.69, 9.17) is 0 Å². The van der Waals surface area contributed by atoms with E-state index in [0.29, 0.717) is 0 Å². The number of aromatic nitrogens is 3. The molecule has 2 aromatic rings. The Bertz CT molecular complexity index is 551. The van der Waals surface area contributed by atoms with Crippen LogP contribution >= 0.6 is 11.3 Å². The van der Waals surface area contributed by atoms with Gasteiger partial charge in [0.25, 0.3) is 0 Å². The normalized spacial score (nSPS) is 10.8. The third-order valence-electron chi connectivity index (χ3n) is 2.86. The minimum Gasteiger partial charge on any atom is -0.370 e. The van der Waals surface area contributed by atoms with Crippen LogP contribution < -0.4 is 5.32 Å². The third-order valence-corrected chi connectivity index (χ3v) is 3.83. The third kappa shape index (κ3) is 4.27. The zero-order valence-electron chi connectivity index (χ0n) is 12.4. The molecule has 0 fully saturated rings. The molecule has 0 bridgehead atoms. The van der Waals surface area contributed by atoms with Crippen molar-refractivity contribution in [2.45, 2.75) is 46.5 Å².